The van der Waals surface area contributed by atoms with Crippen LogP contribution in [0.5, 0.6) is 0 Å². The molecule has 8 nitrogen and oxygen atoms in total. The zero-order chi connectivity index (χ0) is 21.5. The first kappa shape index (κ1) is 20.4. The Hall–Kier alpha value is -2.90. The summed E-state index contributed by atoms with van der Waals surface area (Å²) in [5.74, 6) is -0.561. The normalized spacial score (nSPS) is 24.0. The third-order valence-electron chi connectivity index (χ3n) is 6.68. The summed E-state index contributed by atoms with van der Waals surface area (Å²) in [5.41, 5.74) is 0.400. The van der Waals surface area contributed by atoms with Crippen LogP contribution in [-0.2, 0) is 19.1 Å². The quantitative estimate of drug-likeness (QED) is 0.703. The third-order valence-corrected chi connectivity index (χ3v) is 6.68. The van der Waals surface area contributed by atoms with E-state index in [2.05, 4.69) is 0 Å². The van der Waals surface area contributed by atoms with Crippen LogP contribution in [0, 0.1) is 5.92 Å². The highest BCUT2D eigenvalue weighted by Crippen LogP contribution is 2.44. The molecule has 0 radical (unpaired) electrons. The molecule has 0 aliphatic carbocycles. The zero-order valence-corrected chi connectivity index (χ0v) is 17.4. The molecule has 3 aliphatic rings. The summed E-state index contributed by atoms with van der Waals surface area (Å²) >= 11 is 0. The Kier molecular flexibility index (Phi) is 5.26. The van der Waals surface area contributed by atoms with E-state index < -0.39 is 5.66 Å². The van der Waals surface area contributed by atoms with E-state index >= 15 is 0 Å². The number of amides is 3. The van der Waals surface area contributed by atoms with E-state index in [9.17, 15) is 19.2 Å². The van der Waals surface area contributed by atoms with E-state index in [1.165, 1.54) is 7.11 Å². The van der Waals surface area contributed by atoms with Crippen LogP contribution in [0.15, 0.2) is 24.3 Å². The Labute approximate surface area is 175 Å². The summed E-state index contributed by atoms with van der Waals surface area (Å²) in [5, 5.41) is 0. The number of likely N-dealkylation sites (tertiary alicyclic amines) is 1. The Bertz CT molecular complexity index is 893. The number of carbonyl (C=O) groups excluding carboxylic acids is 4. The molecule has 0 aromatic heterocycles. The van der Waals surface area contributed by atoms with Crippen molar-refractivity contribution in [3.8, 4) is 0 Å². The molecule has 3 heterocycles. The average molecular weight is 413 g/mol. The molecule has 0 N–H and O–H groups in total. The van der Waals surface area contributed by atoms with E-state index in [1.54, 1.807) is 26.8 Å². The van der Waals surface area contributed by atoms with Gasteiger partial charge in [-0.1, -0.05) is 12.1 Å². The fraction of sp³-hybridized carbons (Fsp3) is 0.545. The summed E-state index contributed by atoms with van der Waals surface area (Å²) in [6.45, 7) is 3.18. The molecular weight excluding hydrogens is 386 g/mol. The number of methoxy groups -OCH3 is 1. The molecular formula is C22H27N3O5. The third kappa shape index (κ3) is 3.24. The lowest BCUT2D eigenvalue weighted by atomic mass is 9.96. The Morgan fingerprint density at radius 1 is 1.17 bits per heavy atom. The first-order valence-electron chi connectivity index (χ1n) is 10.5. The van der Waals surface area contributed by atoms with Crippen LogP contribution in [-0.4, -0.2) is 65.9 Å². The van der Waals surface area contributed by atoms with Gasteiger partial charge in [-0.2, -0.15) is 0 Å². The molecule has 4 rings (SSSR count). The van der Waals surface area contributed by atoms with Gasteiger partial charge in [-0.15, -0.1) is 0 Å². The van der Waals surface area contributed by atoms with E-state index in [0.717, 1.165) is 0 Å². The van der Waals surface area contributed by atoms with Gasteiger partial charge in [0.2, 0.25) is 11.8 Å². The molecule has 30 heavy (non-hydrogen) atoms. The van der Waals surface area contributed by atoms with Crippen molar-refractivity contribution < 1.29 is 23.9 Å². The van der Waals surface area contributed by atoms with E-state index in [0.29, 0.717) is 50.0 Å². The van der Waals surface area contributed by atoms with Gasteiger partial charge >= 0.3 is 5.97 Å². The second kappa shape index (κ2) is 7.74. The number of carbonyl (C=O) groups is 4. The highest BCUT2D eigenvalue weighted by Gasteiger charge is 2.52. The minimum absolute atomic E-state index is 0.00124. The monoisotopic (exact) mass is 413 g/mol. The highest BCUT2D eigenvalue weighted by atomic mass is 16.5. The number of benzene rings is 1. The van der Waals surface area contributed by atoms with Gasteiger partial charge in [0.1, 0.15) is 5.66 Å². The number of fused-ring (bicyclic) bond motifs is 3. The van der Waals surface area contributed by atoms with Gasteiger partial charge < -0.3 is 14.5 Å². The maximum absolute atomic E-state index is 13.2. The molecule has 8 heteroatoms. The van der Waals surface area contributed by atoms with E-state index in [-0.39, 0.29) is 42.6 Å². The predicted molar refractivity (Wildman–Crippen MR) is 109 cm³/mol. The van der Waals surface area contributed by atoms with Crippen LogP contribution in [0.4, 0.5) is 5.69 Å². The van der Waals surface area contributed by atoms with Crippen molar-refractivity contribution in [1.82, 2.24) is 9.80 Å². The lowest BCUT2D eigenvalue weighted by Gasteiger charge is -2.48. The Morgan fingerprint density at radius 2 is 1.87 bits per heavy atom. The van der Waals surface area contributed by atoms with Gasteiger partial charge in [-0.3, -0.25) is 24.1 Å². The van der Waals surface area contributed by atoms with Crippen LogP contribution in [0.1, 0.15) is 49.4 Å². The van der Waals surface area contributed by atoms with Crippen LogP contribution in [0.25, 0.3) is 0 Å². The van der Waals surface area contributed by atoms with E-state index in [1.807, 2.05) is 19.1 Å². The molecule has 1 aromatic rings. The number of esters is 1. The van der Waals surface area contributed by atoms with Crippen molar-refractivity contribution in [2.75, 3.05) is 31.6 Å². The minimum atomic E-state index is -0.749. The van der Waals surface area contributed by atoms with Crippen molar-refractivity contribution in [3.63, 3.8) is 0 Å². The van der Waals surface area contributed by atoms with Crippen LogP contribution < -0.4 is 4.90 Å². The topological polar surface area (TPSA) is 87.2 Å². The number of anilines is 1. The maximum Gasteiger partial charge on any atom is 0.308 e. The Balaban J connectivity index is 1.46. The molecule has 1 atom stereocenters. The van der Waals surface area contributed by atoms with Gasteiger partial charge in [0.25, 0.3) is 5.91 Å². The number of para-hydroxylation sites is 1. The summed E-state index contributed by atoms with van der Waals surface area (Å²) < 4.78 is 4.79. The van der Waals surface area contributed by atoms with Crippen molar-refractivity contribution in [1.29, 1.82) is 0 Å². The lowest BCUT2D eigenvalue weighted by Crippen LogP contribution is -2.62. The number of rotatable bonds is 4. The van der Waals surface area contributed by atoms with Gasteiger partial charge in [0.15, 0.2) is 0 Å². The summed E-state index contributed by atoms with van der Waals surface area (Å²) in [7, 11) is 1.38. The van der Waals surface area contributed by atoms with E-state index in [4.69, 9.17) is 4.74 Å². The van der Waals surface area contributed by atoms with Gasteiger partial charge in [0, 0.05) is 32.5 Å². The lowest BCUT2D eigenvalue weighted by molar-refractivity contribution is -0.149. The van der Waals surface area contributed by atoms with Crippen LogP contribution in [0.2, 0.25) is 0 Å². The summed E-state index contributed by atoms with van der Waals surface area (Å²) in [6.07, 6.45) is 2.30. The highest BCUT2D eigenvalue weighted by molar-refractivity contribution is 6.10. The van der Waals surface area contributed by atoms with Crippen molar-refractivity contribution in [2.45, 2.75) is 44.7 Å². The minimum Gasteiger partial charge on any atom is -0.469 e. The molecule has 160 valence electrons. The van der Waals surface area contributed by atoms with Crippen LogP contribution >= 0.6 is 0 Å². The molecule has 1 unspecified atom stereocenters. The predicted octanol–water partition coefficient (Wildman–Crippen LogP) is 1.79. The average Bonchev–Trinajstić information content (AvgIpc) is 3.08. The van der Waals surface area contributed by atoms with Crippen LogP contribution in [0.3, 0.4) is 0 Å². The molecule has 2 saturated heterocycles. The largest absolute Gasteiger partial charge is 0.469 e. The smallest absolute Gasteiger partial charge is 0.308 e. The van der Waals surface area contributed by atoms with Gasteiger partial charge in [-0.05, 0) is 38.3 Å². The standard InChI is InChI=1S/C22H27N3O5/c1-22-11-7-19(27)25(22)17-6-4-3-5-16(17)20(28)24(22)14-10-18(26)23-12-8-15(9-13-23)21(29)30-2/h3-6,15H,7-14H2,1-2H3. The number of hydrogen-bond donors (Lipinski definition) is 0. The first-order chi connectivity index (χ1) is 14.4. The van der Waals surface area contributed by atoms with Gasteiger partial charge in [0.05, 0.1) is 24.3 Å². The molecule has 1 aromatic carbocycles. The van der Waals surface area contributed by atoms with Crippen molar-refractivity contribution in [3.05, 3.63) is 29.8 Å². The van der Waals surface area contributed by atoms with Gasteiger partial charge in [-0.25, -0.2) is 0 Å². The molecule has 2 fully saturated rings. The second-order valence-corrected chi connectivity index (χ2v) is 8.35. The molecule has 3 amide bonds. The molecule has 0 spiro atoms. The molecule has 0 saturated carbocycles. The molecule has 3 aliphatic heterocycles. The summed E-state index contributed by atoms with van der Waals surface area (Å²) in [6, 6.07) is 7.15. The molecule has 0 bridgehead atoms. The zero-order valence-electron chi connectivity index (χ0n) is 17.4. The van der Waals surface area contributed by atoms with Crippen molar-refractivity contribution in [2.24, 2.45) is 5.92 Å². The fourth-order valence-corrected chi connectivity index (χ4v) is 4.94. The number of nitrogens with zero attached hydrogens (tertiary/aromatic N) is 3. The first-order valence-corrected chi connectivity index (χ1v) is 10.5. The van der Waals surface area contributed by atoms with Crippen molar-refractivity contribution >= 4 is 29.4 Å². The Morgan fingerprint density at radius 3 is 2.57 bits per heavy atom. The SMILES string of the molecule is COC(=O)C1CCN(C(=O)CCN2C(=O)c3ccccc3N3C(=O)CCC23C)CC1. The number of piperidine rings is 1. The maximum atomic E-state index is 13.2. The second-order valence-electron chi connectivity index (χ2n) is 8.35. The fourth-order valence-electron chi connectivity index (χ4n) is 4.94. The number of ether oxygens (including phenoxy) is 1. The summed E-state index contributed by atoms with van der Waals surface area (Å²) in [4.78, 5) is 55.4. The number of hydrogen-bond acceptors (Lipinski definition) is 5.